The number of hydrogen-bond acceptors (Lipinski definition) is 7. The number of carboxylic acids is 1. The highest BCUT2D eigenvalue weighted by Crippen LogP contribution is 2.21. The number of carbonyl (C=O) groups is 4. The van der Waals surface area contributed by atoms with Crippen LogP contribution >= 0.6 is 11.8 Å². The molecule has 4 atom stereocenters. The van der Waals surface area contributed by atoms with E-state index in [-0.39, 0.29) is 25.7 Å². The molecule has 0 bridgehead atoms. The van der Waals surface area contributed by atoms with Crippen LogP contribution < -0.4 is 21.7 Å². The van der Waals surface area contributed by atoms with Crippen LogP contribution in [0.1, 0.15) is 23.2 Å². The Morgan fingerprint density at radius 1 is 0.787 bits per heavy atom. The summed E-state index contributed by atoms with van der Waals surface area (Å²) in [5.74, 6) is -2.49. The first-order valence-electron chi connectivity index (χ1n) is 15.2. The minimum absolute atomic E-state index is 0.0142. The number of H-pyrrole nitrogens is 3. The van der Waals surface area contributed by atoms with E-state index in [9.17, 15) is 24.3 Å². The van der Waals surface area contributed by atoms with Crippen molar-refractivity contribution in [2.45, 2.75) is 49.9 Å². The van der Waals surface area contributed by atoms with Gasteiger partial charge in [0.2, 0.25) is 17.7 Å². The monoisotopic (exact) mass is 658 g/mol. The van der Waals surface area contributed by atoms with Gasteiger partial charge in [-0.2, -0.15) is 11.8 Å². The molecular weight excluding hydrogens is 620 g/mol. The van der Waals surface area contributed by atoms with Crippen molar-refractivity contribution in [3.8, 4) is 0 Å². The molecule has 0 spiro atoms. The predicted octanol–water partition coefficient (Wildman–Crippen LogP) is 2.02. The number of carboxylic acid groups (broad SMARTS) is 1. The number of para-hydroxylation sites is 2. The molecule has 0 fully saturated rings. The van der Waals surface area contributed by atoms with E-state index in [0.717, 1.165) is 32.9 Å². The molecule has 14 heteroatoms. The Hall–Kier alpha value is -5.08. The molecule has 0 saturated carbocycles. The Morgan fingerprint density at radius 3 is 1.91 bits per heavy atom. The minimum Gasteiger partial charge on any atom is -0.480 e. The number of amides is 3. The number of aromatic nitrogens is 4. The van der Waals surface area contributed by atoms with Gasteiger partial charge >= 0.3 is 5.97 Å². The van der Waals surface area contributed by atoms with Gasteiger partial charge < -0.3 is 41.7 Å². The molecule has 3 aromatic heterocycles. The average Bonchev–Trinajstić information content (AvgIpc) is 3.83. The molecule has 0 radical (unpaired) electrons. The van der Waals surface area contributed by atoms with Crippen LogP contribution in [0.15, 0.2) is 73.4 Å². The van der Waals surface area contributed by atoms with Crippen molar-refractivity contribution in [3.63, 3.8) is 0 Å². The summed E-state index contributed by atoms with van der Waals surface area (Å²) in [6.07, 6.45) is 8.96. The summed E-state index contributed by atoms with van der Waals surface area (Å²) in [7, 11) is 0. The van der Waals surface area contributed by atoms with Gasteiger partial charge in [-0.3, -0.25) is 14.4 Å². The Morgan fingerprint density at radius 2 is 1.34 bits per heavy atom. The molecule has 5 aromatic rings. The molecule has 3 amide bonds. The van der Waals surface area contributed by atoms with Crippen LogP contribution in [0.2, 0.25) is 0 Å². The maximum Gasteiger partial charge on any atom is 0.326 e. The topological polar surface area (TPSA) is 211 Å². The van der Waals surface area contributed by atoms with E-state index in [1.165, 1.54) is 24.3 Å². The second kappa shape index (κ2) is 15.5. The Balaban J connectivity index is 1.37. The highest BCUT2D eigenvalue weighted by Gasteiger charge is 2.31. The number of aromatic amines is 3. The molecular formula is C33H38N8O5S. The van der Waals surface area contributed by atoms with Crippen LogP contribution in [-0.2, 0) is 38.4 Å². The lowest BCUT2D eigenvalue weighted by Crippen LogP contribution is -2.58. The van der Waals surface area contributed by atoms with Crippen LogP contribution in [0.4, 0.5) is 0 Å². The third-order valence-corrected chi connectivity index (χ3v) is 8.66. The molecule has 0 aliphatic rings. The van der Waals surface area contributed by atoms with Gasteiger partial charge in [-0.25, -0.2) is 9.78 Å². The van der Waals surface area contributed by atoms with Gasteiger partial charge in [0.05, 0.1) is 12.4 Å². The van der Waals surface area contributed by atoms with Gasteiger partial charge in [0.25, 0.3) is 0 Å². The van der Waals surface area contributed by atoms with E-state index in [1.54, 1.807) is 6.20 Å². The fraction of sp³-hybridized carbons (Fsp3) is 0.303. The number of thioether (sulfide) groups is 1. The van der Waals surface area contributed by atoms with E-state index in [1.807, 2.05) is 61.0 Å². The zero-order chi connectivity index (χ0) is 33.3. The third kappa shape index (κ3) is 8.40. The van der Waals surface area contributed by atoms with E-state index >= 15 is 0 Å². The Bertz CT molecular complexity index is 1830. The molecule has 3 heterocycles. The van der Waals surface area contributed by atoms with Crippen molar-refractivity contribution in [3.05, 3.63) is 90.3 Å². The molecule has 9 N–H and O–H groups in total. The van der Waals surface area contributed by atoms with E-state index in [0.29, 0.717) is 11.4 Å². The normalized spacial score (nSPS) is 13.9. The van der Waals surface area contributed by atoms with Gasteiger partial charge in [-0.15, -0.1) is 0 Å². The molecule has 47 heavy (non-hydrogen) atoms. The summed E-state index contributed by atoms with van der Waals surface area (Å²) < 4.78 is 0. The maximum absolute atomic E-state index is 14.0. The van der Waals surface area contributed by atoms with Gasteiger partial charge in [0, 0.05) is 58.9 Å². The van der Waals surface area contributed by atoms with Crippen LogP contribution in [0.25, 0.3) is 21.8 Å². The summed E-state index contributed by atoms with van der Waals surface area (Å²) in [5, 5.41) is 19.7. The highest BCUT2D eigenvalue weighted by molar-refractivity contribution is 7.98. The van der Waals surface area contributed by atoms with Gasteiger partial charge in [-0.05, 0) is 48.1 Å². The van der Waals surface area contributed by atoms with Gasteiger partial charge in [0.15, 0.2) is 0 Å². The fourth-order valence-corrected chi connectivity index (χ4v) is 5.97. The first kappa shape index (κ1) is 33.3. The summed E-state index contributed by atoms with van der Waals surface area (Å²) >= 11 is 1.46. The predicted molar refractivity (Wildman–Crippen MR) is 181 cm³/mol. The van der Waals surface area contributed by atoms with Crippen molar-refractivity contribution in [2.24, 2.45) is 5.73 Å². The quantitative estimate of drug-likeness (QED) is 0.0784. The number of nitrogens with two attached hydrogens (primary N) is 1. The molecule has 0 aliphatic heterocycles. The number of nitrogens with one attached hydrogen (secondary N) is 6. The van der Waals surface area contributed by atoms with Gasteiger partial charge in [0.1, 0.15) is 18.1 Å². The van der Waals surface area contributed by atoms with Gasteiger partial charge in [-0.1, -0.05) is 36.4 Å². The fourth-order valence-electron chi connectivity index (χ4n) is 5.50. The number of hydrogen-bond donors (Lipinski definition) is 8. The van der Waals surface area contributed by atoms with Crippen molar-refractivity contribution >= 4 is 57.3 Å². The lowest BCUT2D eigenvalue weighted by Gasteiger charge is -2.25. The average molecular weight is 659 g/mol. The second-order valence-electron chi connectivity index (χ2n) is 11.3. The van der Waals surface area contributed by atoms with Crippen molar-refractivity contribution in [2.75, 3.05) is 12.0 Å². The molecule has 2 aromatic carbocycles. The van der Waals surface area contributed by atoms with Crippen LogP contribution in [0, 0.1) is 0 Å². The Kier molecular flexibility index (Phi) is 11.0. The van der Waals surface area contributed by atoms with Crippen molar-refractivity contribution in [1.82, 2.24) is 35.9 Å². The lowest BCUT2D eigenvalue weighted by molar-refractivity contribution is -0.142. The maximum atomic E-state index is 14.0. The molecule has 0 aliphatic carbocycles. The van der Waals surface area contributed by atoms with Crippen molar-refractivity contribution in [1.29, 1.82) is 0 Å². The molecule has 4 unspecified atom stereocenters. The minimum atomic E-state index is -1.17. The number of carbonyl (C=O) groups excluding carboxylic acids is 3. The molecule has 13 nitrogen and oxygen atoms in total. The largest absolute Gasteiger partial charge is 0.480 e. The second-order valence-corrected chi connectivity index (χ2v) is 12.3. The summed E-state index contributed by atoms with van der Waals surface area (Å²) in [6.45, 7) is 0. The van der Waals surface area contributed by atoms with Crippen LogP contribution in [-0.4, -0.2) is 84.9 Å². The standard InChI is InChI=1S/C33H38N8O5S/c1-47-11-10-27(33(45)46)39-32(44)29(14-21-17-35-18-38-21)41-31(43)28(13-20-16-37-26-9-5-3-7-23(20)26)40-30(42)24(34)12-19-15-36-25-8-4-2-6-22(19)25/h2-9,15-18,24,27-29,36-37H,10-14,34H2,1H3,(H,35,38)(H,39,44)(H,40,42)(H,41,43)(H,45,46). The van der Waals surface area contributed by atoms with E-state index < -0.39 is 47.9 Å². The number of rotatable bonds is 16. The number of nitrogens with zero attached hydrogens (tertiary/aromatic N) is 1. The summed E-state index contributed by atoms with van der Waals surface area (Å²) in [4.78, 5) is 66.1. The van der Waals surface area contributed by atoms with Crippen LogP contribution in [0.5, 0.6) is 0 Å². The molecule has 5 rings (SSSR count). The first-order chi connectivity index (χ1) is 22.7. The molecule has 246 valence electrons. The van der Waals surface area contributed by atoms with E-state index in [4.69, 9.17) is 5.73 Å². The van der Waals surface area contributed by atoms with Crippen molar-refractivity contribution < 1.29 is 24.3 Å². The zero-order valence-corrected chi connectivity index (χ0v) is 26.6. The van der Waals surface area contributed by atoms with E-state index in [2.05, 4.69) is 35.9 Å². The Labute approximate surface area is 274 Å². The molecule has 0 saturated heterocycles. The third-order valence-electron chi connectivity index (χ3n) is 8.02. The highest BCUT2D eigenvalue weighted by atomic mass is 32.2. The SMILES string of the molecule is CSCCC(NC(=O)C(Cc1cnc[nH]1)NC(=O)C(Cc1c[nH]c2ccccc12)NC(=O)C(N)Cc1c[nH]c2ccccc12)C(=O)O. The number of imidazole rings is 1. The smallest absolute Gasteiger partial charge is 0.326 e. The van der Waals surface area contributed by atoms with Crippen LogP contribution in [0.3, 0.4) is 0 Å². The first-order valence-corrected chi connectivity index (χ1v) is 16.6. The number of benzene rings is 2. The zero-order valence-electron chi connectivity index (χ0n) is 25.8. The summed E-state index contributed by atoms with van der Waals surface area (Å²) in [6, 6.07) is 10.9. The lowest BCUT2D eigenvalue weighted by atomic mass is 10.0. The summed E-state index contributed by atoms with van der Waals surface area (Å²) in [5.41, 5.74) is 10.4. The number of aliphatic carboxylic acids is 1. The number of fused-ring (bicyclic) bond motifs is 2.